The molecule has 5 aromatic rings. The third-order valence-electron chi connectivity index (χ3n) is 12.3. The van der Waals surface area contributed by atoms with Crippen molar-refractivity contribution in [2.24, 2.45) is 0 Å². The first kappa shape index (κ1) is 41.2. The molecular formula is C47H46F2N8O5. The molecule has 6 heterocycles. The third-order valence-corrected chi connectivity index (χ3v) is 12.3. The largest absolute Gasteiger partial charge is 0.379 e. The number of halogens is 2. The SMILES string of the molecule is O=C1CCC(N2C(=O)c3ccc(C#CCCCCCN4CCC(n5cc(-c6cnc7cccc(-c8cc(F)c(CN9CCOCC9)c(F)c8)c7n6)cn5)CC4)cc3C2=O)C(=O)N1. The standard InChI is InChI=1S/C47H46F2N8O5/c48-38-24-31(25-39(49)37(38)29-55-19-21-62-22-20-55)34-8-6-9-40-44(34)52-41(27-50-40)32-26-51-56(28-32)33-14-17-54(18-15-33)16-5-3-1-2-4-7-30-10-11-35-36(23-30)47(61)57(46(35)60)42-12-13-43(58)53-45(42)59/h6,8-11,23-28,33,42H,1-3,5,12-22,29H2,(H,53,58,59). The van der Waals surface area contributed by atoms with Crippen molar-refractivity contribution < 1.29 is 32.7 Å². The predicted molar refractivity (Wildman–Crippen MR) is 225 cm³/mol. The van der Waals surface area contributed by atoms with Crippen molar-refractivity contribution in [2.75, 3.05) is 45.9 Å². The van der Waals surface area contributed by atoms with Gasteiger partial charge in [0.05, 0.1) is 59.5 Å². The first-order valence-corrected chi connectivity index (χ1v) is 21.4. The van der Waals surface area contributed by atoms with Crippen molar-refractivity contribution >= 4 is 34.7 Å². The number of likely N-dealkylation sites (tertiary alicyclic amines) is 1. The molecule has 4 amide bonds. The Kier molecular flexibility index (Phi) is 12.0. The number of nitrogens with one attached hydrogen (secondary N) is 1. The Labute approximate surface area is 357 Å². The maximum atomic E-state index is 15.4. The van der Waals surface area contributed by atoms with E-state index in [0.717, 1.165) is 62.2 Å². The Morgan fingerprint density at radius 1 is 0.806 bits per heavy atom. The number of para-hydroxylation sites is 1. The van der Waals surface area contributed by atoms with Gasteiger partial charge in [-0.3, -0.25) is 44.0 Å². The molecule has 1 unspecified atom stereocenters. The van der Waals surface area contributed by atoms with Crippen molar-refractivity contribution in [3.63, 3.8) is 0 Å². The average molecular weight is 841 g/mol. The number of aromatic nitrogens is 4. The molecule has 13 nitrogen and oxygen atoms in total. The van der Waals surface area contributed by atoms with Gasteiger partial charge in [0.1, 0.15) is 17.7 Å². The molecule has 4 aliphatic heterocycles. The van der Waals surface area contributed by atoms with Crippen LogP contribution in [0.5, 0.6) is 0 Å². The number of fused-ring (bicyclic) bond motifs is 2. The highest BCUT2D eigenvalue weighted by molar-refractivity contribution is 6.23. The molecule has 318 valence electrons. The summed E-state index contributed by atoms with van der Waals surface area (Å²) in [5, 5.41) is 6.92. The summed E-state index contributed by atoms with van der Waals surface area (Å²) >= 11 is 0. The van der Waals surface area contributed by atoms with Crippen molar-refractivity contribution in [3.8, 4) is 34.2 Å². The fourth-order valence-electron chi connectivity index (χ4n) is 8.81. The van der Waals surface area contributed by atoms with E-state index < -0.39 is 41.3 Å². The molecule has 3 aromatic carbocycles. The van der Waals surface area contributed by atoms with Crippen molar-refractivity contribution in [1.82, 2.24) is 39.8 Å². The number of imide groups is 2. The number of amides is 4. The Hall–Kier alpha value is -6.21. The lowest BCUT2D eigenvalue weighted by Crippen LogP contribution is -2.54. The summed E-state index contributed by atoms with van der Waals surface area (Å²) in [6.07, 6.45) is 11.4. The van der Waals surface area contributed by atoms with Gasteiger partial charge in [0.2, 0.25) is 11.8 Å². The van der Waals surface area contributed by atoms with Crippen LogP contribution in [0.15, 0.2) is 67.1 Å². The van der Waals surface area contributed by atoms with Crippen LogP contribution in [0.2, 0.25) is 0 Å². The van der Waals surface area contributed by atoms with Gasteiger partial charge in [-0.2, -0.15) is 5.10 Å². The van der Waals surface area contributed by atoms with Crippen LogP contribution in [-0.2, 0) is 20.9 Å². The number of benzene rings is 3. The average Bonchev–Trinajstić information content (AvgIpc) is 3.87. The van der Waals surface area contributed by atoms with Gasteiger partial charge in [-0.05, 0) is 80.6 Å². The maximum Gasteiger partial charge on any atom is 0.262 e. The number of carbonyl (C=O) groups excluding carboxylic acids is 4. The van der Waals surface area contributed by atoms with Gasteiger partial charge in [0.15, 0.2) is 0 Å². The van der Waals surface area contributed by atoms with Crippen LogP contribution < -0.4 is 5.32 Å². The summed E-state index contributed by atoms with van der Waals surface area (Å²) < 4.78 is 38.2. The summed E-state index contributed by atoms with van der Waals surface area (Å²) in [7, 11) is 0. The highest BCUT2D eigenvalue weighted by Crippen LogP contribution is 2.33. The van der Waals surface area contributed by atoms with Crippen LogP contribution in [0.1, 0.15) is 89.3 Å². The molecule has 1 N–H and O–H groups in total. The number of ether oxygens (including phenoxy) is 1. The van der Waals surface area contributed by atoms with Crippen LogP contribution in [0.4, 0.5) is 8.78 Å². The predicted octanol–water partition coefficient (Wildman–Crippen LogP) is 5.92. The van der Waals surface area contributed by atoms with E-state index >= 15 is 8.78 Å². The van der Waals surface area contributed by atoms with Gasteiger partial charge in [-0.1, -0.05) is 30.4 Å². The summed E-state index contributed by atoms with van der Waals surface area (Å²) in [6.45, 7) is 5.52. The van der Waals surface area contributed by atoms with Gasteiger partial charge < -0.3 is 9.64 Å². The minimum absolute atomic E-state index is 0.0552. The second kappa shape index (κ2) is 18.0. The quantitative estimate of drug-likeness (QED) is 0.0968. The van der Waals surface area contributed by atoms with Crippen LogP contribution >= 0.6 is 0 Å². The molecular weight excluding hydrogens is 795 g/mol. The molecule has 15 heteroatoms. The van der Waals surface area contributed by atoms with Crippen molar-refractivity contribution in [2.45, 2.75) is 70.0 Å². The van der Waals surface area contributed by atoms with E-state index in [0.29, 0.717) is 66.1 Å². The van der Waals surface area contributed by atoms with Crippen LogP contribution in [0.3, 0.4) is 0 Å². The van der Waals surface area contributed by atoms with Crippen LogP contribution in [0, 0.1) is 23.5 Å². The number of hydrogen-bond acceptors (Lipinski definition) is 10. The zero-order valence-corrected chi connectivity index (χ0v) is 34.2. The molecule has 4 aliphatic rings. The molecule has 0 spiro atoms. The summed E-state index contributed by atoms with van der Waals surface area (Å²) in [5.41, 5.74) is 4.84. The third kappa shape index (κ3) is 8.63. The van der Waals surface area contributed by atoms with Gasteiger partial charge >= 0.3 is 0 Å². The molecule has 0 radical (unpaired) electrons. The first-order valence-electron chi connectivity index (χ1n) is 21.4. The summed E-state index contributed by atoms with van der Waals surface area (Å²) in [6, 6.07) is 12.4. The first-order chi connectivity index (χ1) is 30.2. The number of unbranched alkanes of at least 4 members (excludes halogenated alkanes) is 3. The Morgan fingerprint density at radius 3 is 2.39 bits per heavy atom. The van der Waals surface area contributed by atoms with E-state index in [4.69, 9.17) is 14.8 Å². The highest BCUT2D eigenvalue weighted by atomic mass is 19.1. The van der Waals surface area contributed by atoms with E-state index in [2.05, 4.69) is 27.0 Å². The van der Waals surface area contributed by atoms with Crippen molar-refractivity contribution in [1.29, 1.82) is 0 Å². The molecule has 0 aliphatic carbocycles. The van der Waals surface area contributed by atoms with E-state index in [1.807, 2.05) is 34.0 Å². The van der Waals surface area contributed by atoms with E-state index in [1.54, 1.807) is 30.6 Å². The second-order valence-electron chi connectivity index (χ2n) is 16.3. The fourth-order valence-corrected chi connectivity index (χ4v) is 8.81. The normalized spacial score (nSPS) is 18.9. The molecule has 3 saturated heterocycles. The van der Waals surface area contributed by atoms with Gasteiger partial charge in [-0.15, -0.1) is 0 Å². The van der Waals surface area contributed by atoms with E-state index in [9.17, 15) is 19.2 Å². The molecule has 0 bridgehead atoms. The molecule has 0 saturated carbocycles. The number of carbonyl (C=O) groups is 4. The topological polar surface area (TPSA) is 143 Å². The maximum absolute atomic E-state index is 15.4. The zero-order valence-electron chi connectivity index (χ0n) is 34.2. The lowest BCUT2D eigenvalue weighted by Gasteiger charge is -2.32. The van der Waals surface area contributed by atoms with Gasteiger partial charge in [0.25, 0.3) is 11.8 Å². The van der Waals surface area contributed by atoms with Crippen LogP contribution in [0.25, 0.3) is 33.4 Å². The van der Waals surface area contributed by atoms with Gasteiger partial charge in [0, 0.05) is 74.0 Å². The molecule has 62 heavy (non-hydrogen) atoms. The number of hydrogen-bond donors (Lipinski definition) is 1. The second-order valence-corrected chi connectivity index (χ2v) is 16.3. The van der Waals surface area contributed by atoms with Crippen molar-refractivity contribution in [3.05, 3.63) is 101 Å². The Bertz CT molecular complexity index is 2600. The Morgan fingerprint density at radius 2 is 1.60 bits per heavy atom. The van der Waals surface area contributed by atoms with Gasteiger partial charge in [-0.25, -0.2) is 13.8 Å². The smallest absolute Gasteiger partial charge is 0.262 e. The zero-order chi connectivity index (χ0) is 42.7. The summed E-state index contributed by atoms with van der Waals surface area (Å²) in [4.78, 5) is 65.0. The number of rotatable bonds is 11. The highest BCUT2D eigenvalue weighted by Gasteiger charge is 2.44. The van der Waals surface area contributed by atoms with Crippen LogP contribution in [-0.4, -0.2) is 110 Å². The number of morpholine rings is 1. The lowest BCUT2D eigenvalue weighted by atomic mass is 10.0. The molecule has 9 rings (SSSR count). The number of piperidine rings is 2. The minimum atomic E-state index is -0.993. The molecule has 1 atom stereocenters. The number of nitrogens with zero attached hydrogens (tertiary/aromatic N) is 7. The Balaban J connectivity index is 0.744. The molecule has 2 aromatic heterocycles. The monoisotopic (exact) mass is 840 g/mol. The minimum Gasteiger partial charge on any atom is -0.379 e. The lowest BCUT2D eigenvalue weighted by molar-refractivity contribution is -0.136. The summed E-state index contributed by atoms with van der Waals surface area (Å²) in [5.74, 6) is 3.04. The fraction of sp³-hybridized carbons (Fsp3) is 0.383. The van der Waals surface area contributed by atoms with E-state index in [1.165, 1.54) is 12.1 Å². The molecule has 3 fully saturated rings. The van der Waals surface area contributed by atoms with E-state index in [-0.39, 0.29) is 42.1 Å².